The Morgan fingerprint density at radius 3 is 2.41 bits per heavy atom. The van der Waals surface area contributed by atoms with Gasteiger partial charge in [0.05, 0.1) is 23.5 Å². The molecule has 1 aromatic heterocycles. The maximum atomic E-state index is 13.1. The molecule has 0 radical (unpaired) electrons. The number of hydrogen-bond donors (Lipinski definition) is 3. The molecule has 37 heavy (non-hydrogen) atoms. The van der Waals surface area contributed by atoms with Crippen molar-refractivity contribution in [2.24, 2.45) is 0 Å². The van der Waals surface area contributed by atoms with Crippen molar-refractivity contribution in [3.05, 3.63) is 101 Å². The molecule has 2 heterocycles. The summed E-state index contributed by atoms with van der Waals surface area (Å²) in [6, 6.07) is 24.3. The molecule has 3 N–H and O–H groups in total. The van der Waals surface area contributed by atoms with E-state index in [2.05, 4.69) is 10.3 Å². The minimum atomic E-state index is -3.71. The van der Waals surface area contributed by atoms with Crippen LogP contribution in [0.5, 0.6) is 0 Å². The Kier molecular flexibility index (Phi) is 6.80. The van der Waals surface area contributed by atoms with E-state index in [0.29, 0.717) is 24.2 Å². The van der Waals surface area contributed by atoms with Gasteiger partial charge >= 0.3 is 0 Å². The number of imidazole rings is 1. The topological polar surface area (TPSA) is 121 Å². The van der Waals surface area contributed by atoms with Gasteiger partial charge in [0, 0.05) is 6.42 Å². The Bertz CT molecular complexity index is 1500. The Labute approximate surface area is 215 Å². The highest BCUT2D eigenvalue weighted by molar-refractivity contribution is 7.90. The van der Waals surface area contributed by atoms with Crippen LogP contribution in [0.4, 0.5) is 0 Å². The number of nitrogens with one attached hydrogen (secondary N) is 3. The summed E-state index contributed by atoms with van der Waals surface area (Å²) in [5.41, 5.74) is 4.26. The minimum Gasteiger partial charge on any atom is -0.346 e. The van der Waals surface area contributed by atoms with Crippen LogP contribution < -0.4 is 10.0 Å². The molecule has 1 aliphatic heterocycles. The lowest BCUT2D eigenvalue weighted by atomic mass is 9.97. The predicted molar refractivity (Wildman–Crippen MR) is 141 cm³/mol. The molecule has 8 nitrogen and oxygen atoms in total. The Hall–Kier alpha value is -3.98. The Morgan fingerprint density at radius 1 is 1.03 bits per heavy atom. The number of fused-ring (bicyclic) bond motifs is 1. The van der Waals surface area contributed by atoms with Crippen LogP contribution in [0.1, 0.15) is 59.5 Å². The fourth-order valence-corrected chi connectivity index (χ4v) is 6.16. The number of amides is 2. The number of carbonyl (C=O) groups excluding carboxylic acids is 2. The number of hydrogen-bond acceptors (Lipinski definition) is 5. The van der Waals surface area contributed by atoms with Gasteiger partial charge in [-0.2, -0.15) is 0 Å². The minimum absolute atomic E-state index is 0.0569. The van der Waals surface area contributed by atoms with Gasteiger partial charge in [0.25, 0.3) is 0 Å². The highest BCUT2D eigenvalue weighted by Crippen LogP contribution is 2.31. The second-order valence-electron chi connectivity index (χ2n) is 9.48. The van der Waals surface area contributed by atoms with Crippen molar-refractivity contribution in [2.45, 2.75) is 43.4 Å². The van der Waals surface area contributed by atoms with Crippen molar-refractivity contribution in [1.82, 2.24) is 20.0 Å². The van der Waals surface area contributed by atoms with Crippen LogP contribution >= 0.6 is 0 Å². The van der Waals surface area contributed by atoms with Gasteiger partial charge in [-0.3, -0.25) is 14.3 Å². The first-order valence-electron chi connectivity index (χ1n) is 12.2. The first-order valence-corrected chi connectivity index (χ1v) is 13.8. The lowest BCUT2D eigenvalue weighted by Crippen LogP contribution is -2.31. The molecular formula is C28H28N4O4S. The van der Waals surface area contributed by atoms with Crippen molar-refractivity contribution in [3.63, 3.8) is 0 Å². The van der Waals surface area contributed by atoms with Crippen LogP contribution in [0.2, 0.25) is 0 Å². The number of aromatic amines is 1. The Balaban J connectivity index is 1.36. The lowest BCUT2D eigenvalue weighted by molar-refractivity contribution is -0.122. The summed E-state index contributed by atoms with van der Waals surface area (Å²) in [6.45, 7) is 2.03. The molecule has 0 bridgehead atoms. The largest absolute Gasteiger partial charge is 0.346 e. The van der Waals surface area contributed by atoms with E-state index in [1.54, 1.807) is 12.1 Å². The van der Waals surface area contributed by atoms with Gasteiger partial charge in [-0.25, -0.2) is 13.4 Å². The van der Waals surface area contributed by atoms with Gasteiger partial charge in [0.1, 0.15) is 11.1 Å². The smallest absolute Gasteiger partial charge is 0.242 e. The summed E-state index contributed by atoms with van der Waals surface area (Å²) < 4.78 is 26.5. The zero-order valence-corrected chi connectivity index (χ0v) is 21.2. The molecule has 2 amide bonds. The zero-order chi connectivity index (χ0) is 26.0. The lowest BCUT2D eigenvalue weighted by Gasteiger charge is -2.19. The van der Waals surface area contributed by atoms with Crippen LogP contribution in [0.3, 0.4) is 0 Å². The van der Waals surface area contributed by atoms with Crippen molar-refractivity contribution in [1.29, 1.82) is 0 Å². The molecule has 0 aliphatic carbocycles. The maximum Gasteiger partial charge on any atom is 0.242 e. The molecule has 0 spiro atoms. The van der Waals surface area contributed by atoms with Gasteiger partial charge < -0.3 is 10.3 Å². The van der Waals surface area contributed by atoms with E-state index in [1.165, 1.54) is 0 Å². The number of carbonyl (C=O) groups is 2. The molecule has 0 saturated carbocycles. The summed E-state index contributed by atoms with van der Waals surface area (Å²) in [5.74, 6) is 0.132. The van der Waals surface area contributed by atoms with Gasteiger partial charge in [-0.15, -0.1) is 0 Å². The third-order valence-electron chi connectivity index (χ3n) is 6.73. The number of aromatic nitrogens is 2. The number of nitrogens with zero attached hydrogens (tertiary/aromatic N) is 1. The molecule has 4 aromatic rings. The van der Waals surface area contributed by atoms with Gasteiger partial charge in [0.2, 0.25) is 21.8 Å². The molecule has 190 valence electrons. The van der Waals surface area contributed by atoms with Crippen LogP contribution in [-0.2, 0) is 26.0 Å². The van der Waals surface area contributed by atoms with Crippen molar-refractivity contribution in [2.75, 3.05) is 0 Å². The molecular weight excluding hydrogens is 488 g/mol. The van der Waals surface area contributed by atoms with E-state index in [0.717, 1.165) is 22.2 Å². The summed E-state index contributed by atoms with van der Waals surface area (Å²) in [5, 5.41) is 2.26. The Morgan fingerprint density at radius 2 is 1.73 bits per heavy atom. The third-order valence-corrected chi connectivity index (χ3v) is 8.43. The molecule has 3 aromatic carbocycles. The standard InChI is InChI=1S/C28H28N4O4S/c1-18(20-7-3-2-4-8-20)15-26(33)29-24(28-30-22-9-5-6-10-23(22)31-28)16-19-11-13-21(14-12-19)25-17-27(34)32-37(25,35)36/h2-14,18,24-25H,15-17H2,1H3,(H,29,33)(H,30,31)(H,32,34)/t18?,24-,25?/m0/s1. The van der Waals surface area contributed by atoms with Gasteiger partial charge in [-0.1, -0.05) is 73.7 Å². The summed E-state index contributed by atoms with van der Waals surface area (Å²) in [7, 11) is -3.71. The van der Waals surface area contributed by atoms with E-state index in [9.17, 15) is 18.0 Å². The summed E-state index contributed by atoms with van der Waals surface area (Å²) >= 11 is 0. The SMILES string of the molecule is CC(CC(=O)N[C@@H](Cc1ccc(C2CC(=O)NS2(=O)=O)cc1)c1nc2ccccc2[nH]1)c1ccccc1. The second-order valence-corrected chi connectivity index (χ2v) is 11.3. The average molecular weight is 517 g/mol. The first-order chi connectivity index (χ1) is 17.8. The third kappa shape index (κ3) is 5.56. The number of benzene rings is 3. The monoisotopic (exact) mass is 516 g/mol. The fourth-order valence-electron chi connectivity index (χ4n) is 4.74. The molecule has 2 unspecified atom stereocenters. The molecule has 3 atom stereocenters. The molecule has 5 rings (SSSR count). The van der Waals surface area contributed by atoms with E-state index in [1.807, 2.05) is 78.4 Å². The van der Waals surface area contributed by atoms with E-state index in [4.69, 9.17) is 4.98 Å². The zero-order valence-electron chi connectivity index (χ0n) is 20.3. The number of H-pyrrole nitrogens is 1. The molecule has 1 fully saturated rings. The van der Waals surface area contributed by atoms with Crippen molar-refractivity contribution in [3.8, 4) is 0 Å². The number of sulfonamides is 1. The second kappa shape index (κ2) is 10.2. The molecule has 1 saturated heterocycles. The van der Waals surface area contributed by atoms with Crippen LogP contribution in [-0.4, -0.2) is 30.2 Å². The molecule has 9 heteroatoms. The van der Waals surface area contributed by atoms with Crippen molar-refractivity contribution >= 4 is 32.9 Å². The van der Waals surface area contributed by atoms with Crippen LogP contribution in [0, 0.1) is 0 Å². The summed E-state index contributed by atoms with van der Waals surface area (Å²) in [6.07, 6.45) is 0.708. The summed E-state index contributed by atoms with van der Waals surface area (Å²) in [4.78, 5) is 32.7. The molecule has 1 aliphatic rings. The first kappa shape index (κ1) is 24.7. The van der Waals surface area contributed by atoms with Gasteiger partial charge in [0.15, 0.2) is 0 Å². The van der Waals surface area contributed by atoms with Crippen LogP contribution in [0.15, 0.2) is 78.9 Å². The van der Waals surface area contributed by atoms with E-state index < -0.39 is 27.2 Å². The van der Waals surface area contributed by atoms with Crippen LogP contribution in [0.25, 0.3) is 11.0 Å². The highest BCUT2D eigenvalue weighted by Gasteiger charge is 2.37. The van der Waals surface area contributed by atoms with Crippen molar-refractivity contribution < 1.29 is 18.0 Å². The number of rotatable bonds is 8. The quantitative estimate of drug-likeness (QED) is 0.326. The highest BCUT2D eigenvalue weighted by atomic mass is 32.2. The van der Waals surface area contributed by atoms with E-state index in [-0.39, 0.29) is 18.2 Å². The maximum absolute atomic E-state index is 13.1. The number of para-hydroxylation sites is 2. The predicted octanol–water partition coefficient (Wildman–Crippen LogP) is 4.05. The van der Waals surface area contributed by atoms with Gasteiger partial charge in [-0.05, 0) is 41.2 Å². The normalized spacial score (nSPS) is 18.3. The average Bonchev–Trinajstić information content (AvgIpc) is 3.44. The fraction of sp³-hybridized carbons (Fsp3) is 0.250. The van der Waals surface area contributed by atoms with E-state index >= 15 is 0 Å².